The molecule has 0 amide bonds. The Morgan fingerprint density at radius 3 is 1.89 bits per heavy atom. The van der Waals surface area contributed by atoms with Gasteiger partial charge in [-0.2, -0.15) is 0 Å². The van der Waals surface area contributed by atoms with Gasteiger partial charge < -0.3 is 14.2 Å². The van der Waals surface area contributed by atoms with Crippen LogP contribution in [0, 0.1) is 0 Å². The summed E-state index contributed by atoms with van der Waals surface area (Å²) in [7, 11) is 1.56. The van der Waals surface area contributed by atoms with Crippen LogP contribution in [0.2, 0.25) is 0 Å². The summed E-state index contributed by atoms with van der Waals surface area (Å²) in [6, 6.07) is 0. The molecule has 0 rings (SSSR count). The number of carbonyl (C=O) groups is 2. The molecule has 0 heterocycles. The molecule has 0 unspecified atom stereocenters. The Balaban J connectivity index is 3.32. The van der Waals surface area contributed by atoms with Gasteiger partial charge in [-0.05, 0) is 19.3 Å². The summed E-state index contributed by atoms with van der Waals surface area (Å²) in [5.41, 5.74) is 0. The van der Waals surface area contributed by atoms with Gasteiger partial charge >= 0.3 is 11.9 Å². The van der Waals surface area contributed by atoms with Gasteiger partial charge in [0.25, 0.3) is 0 Å². The highest BCUT2D eigenvalue weighted by Crippen LogP contribution is 2.04. The van der Waals surface area contributed by atoms with Crippen molar-refractivity contribution in [1.29, 1.82) is 0 Å². The molecule has 0 aliphatic carbocycles. The predicted octanol–water partition coefficient (Wildman–Crippen LogP) is 2.47. The lowest BCUT2D eigenvalue weighted by atomic mass is 10.2. The Morgan fingerprint density at radius 2 is 1.37 bits per heavy atom. The number of hydrogen-bond donors (Lipinski definition) is 0. The molecule has 0 saturated heterocycles. The highest BCUT2D eigenvalue weighted by atomic mass is 16.6. The summed E-state index contributed by atoms with van der Waals surface area (Å²) < 4.78 is 14.7. The lowest BCUT2D eigenvalue weighted by molar-refractivity contribution is -0.146. The molecule has 0 saturated carbocycles. The Bertz CT molecular complexity index is 240. The van der Waals surface area contributed by atoms with Crippen LogP contribution in [-0.2, 0) is 23.8 Å². The monoisotopic (exact) mass is 274 g/mol. The average molecular weight is 274 g/mol. The summed E-state index contributed by atoms with van der Waals surface area (Å²) >= 11 is 0. The van der Waals surface area contributed by atoms with E-state index in [1.165, 1.54) is 0 Å². The first-order chi connectivity index (χ1) is 9.20. The second-order valence-corrected chi connectivity index (χ2v) is 4.35. The van der Waals surface area contributed by atoms with Crippen LogP contribution in [0.3, 0.4) is 0 Å². The van der Waals surface area contributed by atoms with E-state index in [0.717, 1.165) is 19.3 Å². The zero-order valence-corrected chi connectivity index (χ0v) is 12.1. The van der Waals surface area contributed by atoms with Crippen LogP contribution in [0.15, 0.2) is 0 Å². The molecular weight excluding hydrogens is 248 g/mol. The summed E-state index contributed by atoms with van der Waals surface area (Å²) in [5, 5.41) is 0. The minimum absolute atomic E-state index is 0.177. The number of rotatable bonds is 12. The molecule has 5 heteroatoms. The Kier molecular flexibility index (Phi) is 12.6. The molecule has 0 aliphatic rings. The maximum absolute atomic E-state index is 11.3. The number of carbonyl (C=O) groups excluding carboxylic acids is 2. The molecular formula is C14H26O5. The van der Waals surface area contributed by atoms with Crippen molar-refractivity contribution in [2.75, 3.05) is 26.9 Å². The zero-order valence-electron chi connectivity index (χ0n) is 12.1. The zero-order chi connectivity index (χ0) is 14.3. The molecule has 19 heavy (non-hydrogen) atoms. The van der Waals surface area contributed by atoms with Crippen molar-refractivity contribution in [3.05, 3.63) is 0 Å². The molecule has 0 aromatic rings. The van der Waals surface area contributed by atoms with E-state index in [-0.39, 0.29) is 18.5 Å². The maximum atomic E-state index is 11.3. The van der Waals surface area contributed by atoms with Crippen LogP contribution in [-0.4, -0.2) is 38.9 Å². The third-order valence-corrected chi connectivity index (χ3v) is 2.57. The van der Waals surface area contributed by atoms with Gasteiger partial charge in [0.2, 0.25) is 0 Å². The average Bonchev–Trinajstić information content (AvgIpc) is 2.40. The van der Waals surface area contributed by atoms with Crippen molar-refractivity contribution >= 4 is 11.9 Å². The van der Waals surface area contributed by atoms with E-state index in [0.29, 0.717) is 38.9 Å². The van der Waals surface area contributed by atoms with E-state index >= 15 is 0 Å². The SMILES string of the molecule is CCCCCOC(=O)CCCCC(=O)OCCOC. The first kappa shape index (κ1) is 17.9. The van der Waals surface area contributed by atoms with Gasteiger partial charge in [0.05, 0.1) is 13.2 Å². The highest BCUT2D eigenvalue weighted by molar-refractivity contribution is 5.70. The minimum Gasteiger partial charge on any atom is -0.466 e. The van der Waals surface area contributed by atoms with Gasteiger partial charge in [0.15, 0.2) is 0 Å². The van der Waals surface area contributed by atoms with Gasteiger partial charge in [-0.25, -0.2) is 0 Å². The number of hydrogen-bond acceptors (Lipinski definition) is 5. The number of methoxy groups -OCH3 is 1. The number of ether oxygens (including phenoxy) is 3. The lowest BCUT2D eigenvalue weighted by Gasteiger charge is -2.05. The highest BCUT2D eigenvalue weighted by Gasteiger charge is 2.05. The summed E-state index contributed by atoms with van der Waals surface area (Å²) in [4.78, 5) is 22.5. The lowest BCUT2D eigenvalue weighted by Crippen LogP contribution is -2.10. The van der Waals surface area contributed by atoms with Gasteiger partial charge in [0, 0.05) is 20.0 Å². The fourth-order valence-electron chi connectivity index (χ4n) is 1.46. The summed E-state index contributed by atoms with van der Waals surface area (Å²) in [5.74, 6) is -0.419. The summed E-state index contributed by atoms with van der Waals surface area (Å²) in [6.45, 7) is 3.31. The Labute approximate surface area is 115 Å². The molecule has 0 N–H and O–H groups in total. The molecule has 0 spiro atoms. The molecule has 0 radical (unpaired) electrons. The topological polar surface area (TPSA) is 61.8 Å². The van der Waals surface area contributed by atoms with Crippen molar-refractivity contribution in [3.8, 4) is 0 Å². The second-order valence-electron chi connectivity index (χ2n) is 4.35. The van der Waals surface area contributed by atoms with Crippen molar-refractivity contribution in [2.45, 2.75) is 51.9 Å². The van der Waals surface area contributed by atoms with E-state index in [1.807, 2.05) is 0 Å². The van der Waals surface area contributed by atoms with Crippen molar-refractivity contribution in [1.82, 2.24) is 0 Å². The van der Waals surface area contributed by atoms with Crippen LogP contribution >= 0.6 is 0 Å². The first-order valence-corrected chi connectivity index (χ1v) is 7.00. The quantitative estimate of drug-likeness (QED) is 0.404. The third-order valence-electron chi connectivity index (χ3n) is 2.57. The van der Waals surface area contributed by atoms with E-state index in [4.69, 9.17) is 14.2 Å². The molecule has 0 aliphatic heterocycles. The van der Waals surface area contributed by atoms with Gasteiger partial charge in [0.1, 0.15) is 6.61 Å². The minimum atomic E-state index is -0.242. The predicted molar refractivity (Wildman–Crippen MR) is 71.8 cm³/mol. The Morgan fingerprint density at radius 1 is 0.789 bits per heavy atom. The molecule has 5 nitrogen and oxygen atoms in total. The first-order valence-electron chi connectivity index (χ1n) is 7.00. The second kappa shape index (κ2) is 13.3. The molecule has 0 aromatic heterocycles. The third kappa shape index (κ3) is 13.1. The smallest absolute Gasteiger partial charge is 0.305 e. The molecule has 0 fully saturated rings. The van der Waals surface area contributed by atoms with E-state index in [2.05, 4.69) is 6.92 Å². The maximum Gasteiger partial charge on any atom is 0.305 e. The molecule has 0 atom stereocenters. The molecule has 112 valence electrons. The summed E-state index contributed by atoms with van der Waals surface area (Å²) in [6.07, 6.45) is 5.14. The van der Waals surface area contributed by atoms with Crippen LogP contribution in [0.25, 0.3) is 0 Å². The molecule has 0 aromatic carbocycles. The van der Waals surface area contributed by atoms with Crippen LogP contribution in [0.1, 0.15) is 51.9 Å². The van der Waals surface area contributed by atoms with Crippen LogP contribution in [0.4, 0.5) is 0 Å². The van der Waals surface area contributed by atoms with Crippen molar-refractivity contribution in [3.63, 3.8) is 0 Å². The molecule has 0 bridgehead atoms. The Hall–Kier alpha value is -1.10. The van der Waals surface area contributed by atoms with Crippen molar-refractivity contribution < 1.29 is 23.8 Å². The van der Waals surface area contributed by atoms with Gasteiger partial charge in [-0.15, -0.1) is 0 Å². The van der Waals surface area contributed by atoms with Crippen LogP contribution < -0.4 is 0 Å². The van der Waals surface area contributed by atoms with Crippen molar-refractivity contribution in [2.24, 2.45) is 0 Å². The fraction of sp³-hybridized carbons (Fsp3) is 0.857. The van der Waals surface area contributed by atoms with Crippen LogP contribution in [0.5, 0.6) is 0 Å². The van der Waals surface area contributed by atoms with E-state index in [9.17, 15) is 9.59 Å². The van der Waals surface area contributed by atoms with E-state index in [1.54, 1.807) is 7.11 Å². The number of unbranched alkanes of at least 4 members (excludes halogenated alkanes) is 3. The van der Waals surface area contributed by atoms with E-state index < -0.39 is 0 Å². The standard InChI is InChI=1S/C14H26O5/c1-3-4-7-10-18-13(15)8-5-6-9-14(16)19-12-11-17-2/h3-12H2,1-2H3. The normalized spacial score (nSPS) is 10.2. The van der Waals surface area contributed by atoms with Gasteiger partial charge in [-0.3, -0.25) is 9.59 Å². The number of esters is 2. The van der Waals surface area contributed by atoms with Gasteiger partial charge in [-0.1, -0.05) is 19.8 Å². The fourth-order valence-corrected chi connectivity index (χ4v) is 1.46. The largest absolute Gasteiger partial charge is 0.466 e.